The number of carbonyl (C=O) groups excluding carboxylic acids is 2. The summed E-state index contributed by atoms with van der Waals surface area (Å²) in [5.41, 5.74) is 0. The fourth-order valence-electron chi connectivity index (χ4n) is 3.56. The van der Waals surface area contributed by atoms with Gasteiger partial charge in [-0.15, -0.1) is 0 Å². The van der Waals surface area contributed by atoms with Gasteiger partial charge in [-0.05, 0) is 38.0 Å². The molecule has 0 rings (SSSR count). The molecule has 190 valence electrons. The second-order valence-corrected chi connectivity index (χ2v) is 9.17. The fraction of sp³-hybridized carbons (Fsp3) is 0.923. The van der Waals surface area contributed by atoms with Crippen molar-refractivity contribution < 1.29 is 28.5 Å². The van der Waals surface area contributed by atoms with Crippen LogP contribution in [0, 0.1) is 11.8 Å². The molecule has 6 heteroatoms. The molecule has 0 aromatic rings. The lowest BCUT2D eigenvalue weighted by Crippen LogP contribution is -2.17. The van der Waals surface area contributed by atoms with Crippen molar-refractivity contribution in [1.29, 1.82) is 0 Å². The highest BCUT2D eigenvalue weighted by atomic mass is 16.5. The predicted octanol–water partition coefficient (Wildman–Crippen LogP) is 6.10. The van der Waals surface area contributed by atoms with Crippen LogP contribution >= 0.6 is 0 Å². The number of rotatable bonds is 23. The van der Waals surface area contributed by atoms with Gasteiger partial charge in [-0.3, -0.25) is 9.59 Å². The van der Waals surface area contributed by atoms with E-state index in [1.165, 1.54) is 33.5 Å². The molecule has 0 fully saturated rings. The van der Waals surface area contributed by atoms with Crippen LogP contribution < -0.4 is 0 Å². The highest BCUT2D eigenvalue weighted by Gasteiger charge is 2.10. The van der Waals surface area contributed by atoms with Gasteiger partial charge in [0, 0.05) is 32.0 Å². The lowest BCUT2D eigenvalue weighted by atomic mass is 9.99. The minimum atomic E-state index is -0.122. The first-order chi connectivity index (χ1) is 15.5. The third-order valence-electron chi connectivity index (χ3n) is 5.65. The molecular weight excluding hydrogens is 408 g/mol. The van der Waals surface area contributed by atoms with Crippen LogP contribution in [0.15, 0.2) is 0 Å². The van der Waals surface area contributed by atoms with Crippen LogP contribution in [0.5, 0.6) is 0 Å². The molecule has 6 nitrogen and oxygen atoms in total. The zero-order chi connectivity index (χ0) is 23.9. The molecule has 0 aromatic heterocycles. The monoisotopic (exact) mass is 458 g/mol. The molecule has 0 radical (unpaired) electrons. The Kier molecular flexibility index (Phi) is 22.2. The van der Waals surface area contributed by atoms with Crippen molar-refractivity contribution in [3.8, 4) is 0 Å². The van der Waals surface area contributed by atoms with Gasteiger partial charge in [-0.2, -0.15) is 0 Å². The van der Waals surface area contributed by atoms with Crippen LogP contribution in [-0.2, 0) is 28.5 Å². The van der Waals surface area contributed by atoms with Crippen molar-refractivity contribution >= 4 is 11.9 Å². The van der Waals surface area contributed by atoms with Crippen LogP contribution in [0.2, 0.25) is 0 Å². The average molecular weight is 459 g/mol. The summed E-state index contributed by atoms with van der Waals surface area (Å²) in [6, 6.07) is 0. The molecular formula is C26H50O6. The van der Waals surface area contributed by atoms with Crippen molar-refractivity contribution in [2.45, 2.75) is 104 Å². The maximum Gasteiger partial charge on any atom is 0.305 e. The Labute approximate surface area is 197 Å². The molecule has 0 aliphatic rings. The van der Waals surface area contributed by atoms with Gasteiger partial charge in [0.1, 0.15) is 0 Å². The average Bonchev–Trinajstić information content (AvgIpc) is 2.78. The summed E-state index contributed by atoms with van der Waals surface area (Å²) in [5.74, 6) is 0.977. The summed E-state index contributed by atoms with van der Waals surface area (Å²) in [4.78, 5) is 22.2. The van der Waals surface area contributed by atoms with Crippen LogP contribution in [-0.4, -0.2) is 52.6 Å². The number of esters is 2. The number of carbonyl (C=O) groups is 2. The van der Waals surface area contributed by atoms with E-state index < -0.39 is 0 Å². The van der Waals surface area contributed by atoms with Gasteiger partial charge >= 0.3 is 11.9 Å². The van der Waals surface area contributed by atoms with Crippen molar-refractivity contribution in [3.63, 3.8) is 0 Å². The standard InChI is InChI=1S/C26H50O6/c1-23(2)15-11-12-16-24(21-31-19-13-7-5-9-17-25(27)29-3)22-32-20-14-8-6-10-18-26(28)30-4/h23-24H,5-22H2,1-4H3. The zero-order valence-corrected chi connectivity index (χ0v) is 21.3. The first-order valence-electron chi connectivity index (χ1n) is 12.8. The van der Waals surface area contributed by atoms with E-state index in [1.807, 2.05) is 0 Å². The summed E-state index contributed by atoms with van der Waals surface area (Å²) in [6.45, 7) is 7.65. The number of unbranched alkanes of at least 4 members (excludes halogenated alkanes) is 7. The van der Waals surface area contributed by atoms with Gasteiger partial charge in [-0.25, -0.2) is 0 Å². The number of hydrogen-bond acceptors (Lipinski definition) is 6. The van der Waals surface area contributed by atoms with Crippen LogP contribution in [0.1, 0.15) is 104 Å². The Hall–Kier alpha value is -1.14. The zero-order valence-electron chi connectivity index (χ0n) is 21.3. The van der Waals surface area contributed by atoms with Crippen molar-refractivity contribution in [2.75, 3.05) is 40.6 Å². The second kappa shape index (κ2) is 23.0. The lowest BCUT2D eigenvalue weighted by molar-refractivity contribution is -0.141. The molecule has 0 amide bonds. The maximum atomic E-state index is 11.1. The van der Waals surface area contributed by atoms with Gasteiger partial charge in [0.15, 0.2) is 0 Å². The summed E-state index contributed by atoms with van der Waals surface area (Å²) in [7, 11) is 2.87. The largest absolute Gasteiger partial charge is 0.469 e. The fourth-order valence-corrected chi connectivity index (χ4v) is 3.56. The number of ether oxygens (including phenoxy) is 4. The molecule has 0 aliphatic carbocycles. The molecule has 0 saturated carbocycles. The Morgan fingerprint density at radius 3 is 1.47 bits per heavy atom. The van der Waals surface area contributed by atoms with Crippen LogP contribution in [0.3, 0.4) is 0 Å². The highest BCUT2D eigenvalue weighted by molar-refractivity contribution is 5.69. The van der Waals surface area contributed by atoms with E-state index in [-0.39, 0.29) is 11.9 Å². The van der Waals surface area contributed by atoms with E-state index in [0.29, 0.717) is 18.8 Å². The van der Waals surface area contributed by atoms with Crippen LogP contribution in [0.4, 0.5) is 0 Å². The van der Waals surface area contributed by atoms with E-state index in [1.54, 1.807) is 0 Å². The van der Waals surface area contributed by atoms with Gasteiger partial charge in [0.25, 0.3) is 0 Å². The Balaban J connectivity index is 3.87. The van der Waals surface area contributed by atoms with Crippen molar-refractivity contribution in [2.24, 2.45) is 11.8 Å². The van der Waals surface area contributed by atoms with E-state index in [4.69, 9.17) is 9.47 Å². The first kappa shape index (κ1) is 30.9. The molecule has 32 heavy (non-hydrogen) atoms. The van der Waals surface area contributed by atoms with Gasteiger partial charge in [-0.1, -0.05) is 58.8 Å². The van der Waals surface area contributed by atoms with E-state index >= 15 is 0 Å². The van der Waals surface area contributed by atoms with E-state index in [2.05, 4.69) is 23.3 Å². The quantitative estimate of drug-likeness (QED) is 0.136. The number of methoxy groups -OCH3 is 2. The molecule has 0 spiro atoms. The normalized spacial score (nSPS) is 11.3. The van der Waals surface area contributed by atoms with Gasteiger partial charge in [0.2, 0.25) is 0 Å². The molecule has 0 saturated heterocycles. The molecule has 0 aromatic carbocycles. The van der Waals surface area contributed by atoms with E-state index in [9.17, 15) is 9.59 Å². The molecule has 0 bridgehead atoms. The van der Waals surface area contributed by atoms with Gasteiger partial charge in [0.05, 0.1) is 27.4 Å². The first-order valence-corrected chi connectivity index (χ1v) is 12.8. The highest BCUT2D eigenvalue weighted by Crippen LogP contribution is 2.15. The SMILES string of the molecule is COC(=O)CCCCCCOCC(CCCCC(C)C)COCCCCCCC(=O)OC. The predicted molar refractivity (Wildman–Crippen MR) is 129 cm³/mol. The molecule has 0 unspecified atom stereocenters. The summed E-state index contributed by atoms with van der Waals surface area (Å²) in [6.07, 6.45) is 14.1. The van der Waals surface area contributed by atoms with Crippen molar-refractivity contribution in [1.82, 2.24) is 0 Å². The molecule has 0 atom stereocenters. The third-order valence-corrected chi connectivity index (χ3v) is 5.65. The van der Waals surface area contributed by atoms with E-state index in [0.717, 1.165) is 90.1 Å². The molecule has 0 N–H and O–H groups in total. The van der Waals surface area contributed by atoms with Crippen molar-refractivity contribution in [3.05, 3.63) is 0 Å². The molecule has 0 heterocycles. The minimum Gasteiger partial charge on any atom is -0.469 e. The Bertz CT molecular complexity index is 406. The topological polar surface area (TPSA) is 71.1 Å². The number of hydrogen-bond donors (Lipinski definition) is 0. The summed E-state index contributed by atoms with van der Waals surface area (Å²) in [5, 5.41) is 0. The van der Waals surface area contributed by atoms with Crippen LogP contribution in [0.25, 0.3) is 0 Å². The smallest absolute Gasteiger partial charge is 0.305 e. The Morgan fingerprint density at radius 1 is 0.594 bits per heavy atom. The third kappa shape index (κ3) is 22.1. The summed E-state index contributed by atoms with van der Waals surface area (Å²) < 4.78 is 21.2. The second-order valence-electron chi connectivity index (χ2n) is 9.17. The molecule has 0 aliphatic heterocycles. The lowest BCUT2D eigenvalue weighted by Gasteiger charge is -2.18. The maximum absolute atomic E-state index is 11.1. The minimum absolute atomic E-state index is 0.122. The Morgan fingerprint density at radius 2 is 1.03 bits per heavy atom. The summed E-state index contributed by atoms with van der Waals surface area (Å²) >= 11 is 0. The van der Waals surface area contributed by atoms with Gasteiger partial charge < -0.3 is 18.9 Å².